The van der Waals surface area contributed by atoms with Crippen LogP contribution in [0.2, 0.25) is 0 Å². The summed E-state index contributed by atoms with van der Waals surface area (Å²) in [6, 6.07) is 11.5. The summed E-state index contributed by atoms with van der Waals surface area (Å²) in [6.07, 6.45) is 2.89. The smallest absolute Gasteiger partial charge is 0.116 e. The Labute approximate surface area is 212 Å². The first kappa shape index (κ1) is 22.1. The van der Waals surface area contributed by atoms with E-state index in [1.165, 1.54) is 56.5 Å². The van der Waals surface area contributed by atoms with Crippen molar-refractivity contribution in [1.29, 1.82) is 0 Å². The van der Waals surface area contributed by atoms with Gasteiger partial charge in [0.05, 0.1) is 15.9 Å². The summed E-state index contributed by atoms with van der Waals surface area (Å²) in [7, 11) is 0. The molecule has 0 unspecified atom stereocenters. The third-order valence-corrected chi connectivity index (χ3v) is 10.1. The molecule has 0 radical (unpaired) electrons. The highest BCUT2D eigenvalue weighted by atomic mass is 32.1. The molecule has 0 aliphatic rings. The van der Waals surface area contributed by atoms with E-state index in [-0.39, 0.29) is 5.41 Å². The minimum absolute atomic E-state index is 0.0684. The van der Waals surface area contributed by atoms with Crippen LogP contribution in [0.4, 0.5) is 0 Å². The van der Waals surface area contributed by atoms with Crippen LogP contribution in [0.1, 0.15) is 50.6 Å². The van der Waals surface area contributed by atoms with Gasteiger partial charge < -0.3 is 0 Å². The maximum absolute atomic E-state index is 4.84. The average molecular weight is 501 g/mol. The van der Waals surface area contributed by atoms with E-state index < -0.39 is 0 Å². The summed E-state index contributed by atoms with van der Waals surface area (Å²) in [5, 5.41) is 6.18. The maximum Gasteiger partial charge on any atom is 0.116 e. The predicted molar refractivity (Wildman–Crippen MR) is 153 cm³/mol. The van der Waals surface area contributed by atoms with E-state index in [4.69, 9.17) is 9.97 Å². The molecule has 0 aliphatic carbocycles. The van der Waals surface area contributed by atoms with Crippen molar-refractivity contribution in [1.82, 2.24) is 9.97 Å². The number of rotatable bonds is 3. The van der Waals surface area contributed by atoms with Crippen molar-refractivity contribution < 1.29 is 0 Å². The zero-order valence-electron chi connectivity index (χ0n) is 20.4. The molecule has 34 heavy (non-hydrogen) atoms. The fourth-order valence-electron chi connectivity index (χ4n) is 4.93. The van der Waals surface area contributed by atoms with Crippen LogP contribution in [0.15, 0.2) is 42.0 Å². The molecule has 0 fully saturated rings. The number of nitrogens with zero attached hydrogens (tertiary/aromatic N) is 2. The van der Waals surface area contributed by atoms with Crippen molar-refractivity contribution in [2.75, 3.05) is 0 Å². The number of hydrogen-bond acceptors (Lipinski definition) is 5. The molecule has 172 valence electrons. The van der Waals surface area contributed by atoms with Crippen molar-refractivity contribution in [3.05, 3.63) is 58.0 Å². The Balaban J connectivity index is 1.64. The van der Waals surface area contributed by atoms with Crippen molar-refractivity contribution in [2.24, 2.45) is 5.92 Å². The first-order valence-electron chi connectivity index (χ1n) is 11.8. The molecule has 0 N–H and O–H groups in total. The molecule has 0 spiro atoms. The number of benzene rings is 2. The lowest BCUT2D eigenvalue weighted by atomic mass is 9.85. The van der Waals surface area contributed by atoms with Gasteiger partial charge in [-0.15, -0.1) is 34.0 Å². The Morgan fingerprint density at radius 3 is 2.53 bits per heavy atom. The van der Waals surface area contributed by atoms with Crippen LogP contribution in [-0.2, 0) is 11.8 Å². The van der Waals surface area contributed by atoms with Crippen LogP contribution >= 0.6 is 34.0 Å². The molecular weight excluding hydrogens is 473 g/mol. The van der Waals surface area contributed by atoms with E-state index in [9.17, 15) is 0 Å². The minimum atomic E-state index is 0.0684. The summed E-state index contributed by atoms with van der Waals surface area (Å²) < 4.78 is 5.25. The number of aryl methyl sites for hydroxylation is 1. The largest absolute Gasteiger partial charge is 0.235 e. The molecule has 0 saturated carbocycles. The van der Waals surface area contributed by atoms with Crippen LogP contribution < -0.4 is 0 Å². The fraction of sp³-hybridized carbons (Fsp3) is 0.310. The first-order chi connectivity index (χ1) is 16.2. The number of hydrogen-bond donors (Lipinski definition) is 0. The molecule has 0 atom stereocenters. The molecule has 4 aromatic heterocycles. The van der Waals surface area contributed by atoms with Crippen LogP contribution in [0.5, 0.6) is 0 Å². The van der Waals surface area contributed by atoms with Crippen molar-refractivity contribution in [3.63, 3.8) is 0 Å². The Kier molecular flexibility index (Phi) is 5.11. The van der Waals surface area contributed by atoms with Gasteiger partial charge in [-0.1, -0.05) is 40.7 Å². The normalized spacial score (nSPS) is 12.8. The molecule has 6 aromatic rings. The highest BCUT2D eigenvalue weighted by Gasteiger charge is 2.22. The lowest BCUT2D eigenvalue weighted by Gasteiger charge is -2.21. The highest BCUT2D eigenvalue weighted by Crippen LogP contribution is 2.46. The second kappa shape index (κ2) is 7.84. The van der Waals surface area contributed by atoms with Crippen molar-refractivity contribution in [2.45, 2.75) is 53.4 Å². The molecule has 2 nitrogen and oxygen atoms in total. The summed E-state index contributed by atoms with van der Waals surface area (Å²) in [5.41, 5.74) is 6.22. The highest BCUT2D eigenvalue weighted by molar-refractivity contribution is 7.28. The third-order valence-electron chi connectivity index (χ3n) is 6.65. The first-order valence-corrected chi connectivity index (χ1v) is 14.3. The predicted octanol–water partition coefficient (Wildman–Crippen LogP) is 9.75. The van der Waals surface area contributed by atoms with Gasteiger partial charge in [-0.2, -0.15) is 0 Å². The van der Waals surface area contributed by atoms with Gasteiger partial charge >= 0.3 is 0 Å². The third kappa shape index (κ3) is 3.40. The van der Waals surface area contributed by atoms with Gasteiger partial charge in [-0.25, -0.2) is 9.97 Å². The second-order valence-electron chi connectivity index (χ2n) is 10.7. The monoisotopic (exact) mass is 500 g/mol. The zero-order chi connectivity index (χ0) is 23.8. The van der Waals surface area contributed by atoms with Crippen LogP contribution in [0, 0.1) is 12.8 Å². The number of fused-ring (bicyclic) bond motifs is 6. The number of aromatic nitrogens is 2. The van der Waals surface area contributed by atoms with Crippen LogP contribution in [0.25, 0.3) is 51.7 Å². The van der Waals surface area contributed by atoms with Gasteiger partial charge in [0.15, 0.2) is 0 Å². The molecule has 4 heterocycles. The molecule has 6 rings (SSSR count). The molecule has 5 heteroatoms. The van der Waals surface area contributed by atoms with Gasteiger partial charge in [0, 0.05) is 29.9 Å². The van der Waals surface area contributed by atoms with E-state index in [2.05, 4.69) is 77.3 Å². The molecule has 0 saturated heterocycles. The number of thiophene rings is 3. The minimum Gasteiger partial charge on any atom is -0.235 e. The Bertz CT molecular complexity index is 1710. The fourth-order valence-corrected chi connectivity index (χ4v) is 8.84. The van der Waals surface area contributed by atoms with Crippen LogP contribution in [0.3, 0.4) is 0 Å². The Morgan fingerprint density at radius 1 is 0.941 bits per heavy atom. The quantitative estimate of drug-likeness (QED) is 0.242. The van der Waals surface area contributed by atoms with E-state index in [1.807, 2.05) is 34.0 Å². The topological polar surface area (TPSA) is 25.8 Å². The Morgan fingerprint density at radius 2 is 1.76 bits per heavy atom. The van der Waals surface area contributed by atoms with E-state index in [0.29, 0.717) is 5.92 Å². The second-order valence-corrected chi connectivity index (χ2v) is 13.8. The molecule has 0 bridgehead atoms. The molecular formula is C29H28N2S3. The summed E-state index contributed by atoms with van der Waals surface area (Å²) >= 11 is 5.62. The van der Waals surface area contributed by atoms with Gasteiger partial charge in [-0.3, -0.25) is 0 Å². The van der Waals surface area contributed by atoms with Gasteiger partial charge in [0.2, 0.25) is 0 Å². The summed E-state index contributed by atoms with van der Waals surface area (Å²) in [5.74, 6) is 0.652. The van der Waals surface area contributed by atoms with Crippen molar-refractivity contribution >= 4 is 74.5 Å². The van der Waals surface area contributed by atoms with Gasteiger partial charge in [-0.05, 0) is 76.2 Å². The van der Waals surface area contributed by atoms with Gasteiger partial charge in [0.25, 0.3) is 0 Å². The standard InChI is InChI=1S/C29H28N2S3/c1-15(2)11-22-16(3)19-7-8-21-23(27(19)34-22)25-28(33-21)24(30-14-31-25)18-12-17-9-10-32-26(17)20(13-18)29(4,5)6/h7-10,12-15H,11H2,1-6H3. The Hall–Kier alpha value is -2.34. The SMILES string of the molecule is Cc1c(CC(C)C)sc2c1ccc1sc3c(-c4cc(C(C)(C)C)c5sccc5c4)ncnc3c12. The molecule has 2 aromatic carbocycles. The van der Waals surface area contributed by atoms with Crippen molar-refractivity contribution in [3.8, 4) is 11.3 Å². The average Bonchev–Trinajstić information content (AvgIpc) is 3.47. The molecule has 0 amide bonds. The summed E-state index contributed by atoms with van der Waals surface area (Å²) in [6.45, 7) is 13.8. The van der Waals surface area contributed by atoms with E-state index in [0.717, 1.165) is 17.6 Å². The van der Waals surface area contributed by atoms with E-state index in [1.54, 1.807) is 6.33 Å². The lowest BCUT2D eigenvalue weighted by Crippen LogP contribution is -2.11. The molecule has 0 aliphatic heterocycles. The van der Waals surface area contributed by atoms with E-state index >= 15 is 0 Å². The zero-order valence-corrected chi connectivity index (χ0v) is 22.9. The van der Waals surface area contributed by atoms with Crippen LogP contribution in [-0.4, -0.2) is 9.97 Å². The van der Waals surface area contributed by atoms with Gasteiger partial charge in [0.1, 0.15) is 6.33 Å². The summed E-state index contributed by atoms with van der Waals surface area (Å²) in [4.78, 5) is 11.2. The lowest BCUT2D eigenvalue weighted by molar-refractivity contribution is 0.597. The maximum atomic E-state index is 4.84.